The third kappa shape index (κ3) is 2.97. The largest absolute Gasteiger partial charge is 0.480 e. The molecule has 0 unspecified atom stereocenters. The Morgan fingerprint density at radius 3 is 2.38 bits per heavy atom. The van der Waals surface area contributed by atoms with Gasteiger partial charge in [0.05, 0.1) is 0 Å². The molecule has 1 aromatic heterocycles. The summed E-state index contributed by atoms with van der Waals surface area (Å²) < 4.78 is 1.69. The summed E-state index contributed by atoms with van der Waals surface area (Å²) in [5, 5.41) is 17.4. The maximum absolute atomic E-state index is 10.6. The first-order valence-corrected chi connectivity index (χ1v) is 4.74. The summed E-state index contributed by atoms with van der Waals surface area (Å²) in [5.41, 5.74) is 0. The van der Waals surface area contributed by atoms with Crippen molar-refractivity contribution in [1.82, 2.24) is 9.55 Å². The number of aliphatic carboxylic acids is 2. The van der Waals surface area contributed by atoms with E-state index in [1.165, 1.54) is 11.1 Å². The highest BCUT2D eigenvalue weighted by Crippen LogP contribution is 2.10. The molecule has 1 aromatic rings. The van der Waals surface area contributed by atoms with Crippen LogP contribution in [0, 0.1) is 0 Å². The van der Waals surface area contributed by atoms with E-state index in [1.54, 1.807) is 10.8 Å². The number of carboxylic acid groups (broad SMARTS) is 2. The average Bonchev–Trinajstić information content (AvgIpc) is 2.62. The third-order valence-corrected chi connectivity index (χ3v) is 1.97. The Labute approximate surface area is 91.9 Å². The van der Waals surface area contributed by atoms with Gasteiger partial charge in [0.2, 0.25) is 5.95 Å². The van der Waals surface area contributed by atoms with Crippen LogP contribution in [-0.2, 0) is 16.1 Å². The van der Waals surface area contributed by atoms with Crippen LogP contribution in [0.3, 0.4) is 0 Å². The van der Waals surface area contributed by atoms with Gasteiger partial charge in [-0.3, -0.25) is 9.59 Å². The summed E-state index contributed by atoms with van der Waals surface area (Å²) in [6, 6.07) is 0. The number of aryl methyl sites for hydroxylation is 1. The summed E-state index contributed by atoms with van der Waals surface area (Å²) in [6.07, 6.45) is 3.18. The van der Waals surface area contributed by atoms with Gasteiger partial charge in [-0.1, -0.05) is 0 Å². The van der Waals surface area contributed by atoms with Crippen LogP contribution in [0.1, 0.15) is 6.92 Å². The average molecular weight is 227 g/mol. The monoisotopic (exact) mass is 227 g/mol. The second-order valence-electron chi connectivity index (χ2n) is 3.16. The van der Waals surface area contributed by atoms with E-state index >= 15 is 0 Å². The van der Waals surface area contributed by atoms with Gasteiger partial charge in [-0.2, -0.15) is 0 Å². The van der Waals surface area contributed by atoms with Crippen LogP contribution in [0.25, 0.3) is 0 Å². The van der Waals surface area contributed by atoms with Crippen molar-refractivity contribution in [2.75, 3.05) is 18.0 Å². The molecule has 7 nitrogen and oxygen atoms in total. The Morgan fingerprint density at radius 2 is 1.94 bits per heavy atom. The van der Waals surface area contributed by atoms with E-state index in [1.807, 2.05) is 6.92 Å². The van der Waals surface area contributed by atoms with Gasteiger partial charge >= 0.3 is 11.9 Å². The molecule has 1 rings (SSSR count). The predicted molar refractivity (Wildman–Crippen MR) is 55.4 cm³/mol. The number of anilines is 1. The Morgan fingerprint density at radius 1 is 1.38 bits per heavy atom. The minimum Gasteiger partial charge on any atom is -0.480 e. The zero-order valence-electron chi connectivity index (χ0n) is 8.83. The van der Waals surface area contributed by atoms with Crippen LogP contribution in [0.2, 0.25) is 0 Å². The zero-order chi connectivity index (χ0) is 12.1. The van der Waals surface area contributed by atoms with Gasteiger partial charge in [0.1, 0.15) is 13.1 Å². The molecular weight excluding hydrogens is 214 g/mol. The molecule has 0 saturated carbocycles. The molecule has 1 heterocycles. The van der Waals surface area contributed by atoms with Crippen molar-refractivity contribution in [3.8, 4) is 0 Å². The van der Waals surface area contributed by atoms with Gasteiger partial charge < -0.3 is 19.7 Å². The Bertz CT molecular complexity index is 372. The lowest BCUT2D eigenvalue weighted by Crippen LogP contribution is -2.36. The smallest absolute Gasteiger partial charge is 0.323 e. The topological polar surface area (TPSA) is 95.7 Å². The first-order chi connectivity index (χ1) is 7.54. The van der Waals surface area contributed by atoms with E-state index in [0.29, 0.717) is 12.5 Å². The van der Waals surface area contributed by atoms with Gasteiger partial charge in [0.15, 0.2) is 0 Å². The van der Waals surface area contributed by atoms with E-state index in [2.05, 4.69) is 4.98 Å². The van der Waals surface area contributed by atoms with E-state index in [0.717, 1.165) is 0 Å². The Kier molecular flexibility index (Phi) is 3.87. The van der Waals surface area contributed by atoms with Crippen molar-refractivity contribution >= 4 is 17.9 Å². The lowest BCUT2D eigenvalue weighted by Gasteiger charge is -2.20. The summed E-state index contributed by atoms with van der Waals surface area (Å²) in [4.78, 5) is 26.4. The van der Waals surface area contributed by atoms with Crippen LogP contribution in [0.15, 0.2) is 12.4 Å². The molecule has 0 bridgehead atoms. The standard InChI is InChI=1S/C9H13N3O4/c1-2-11-4-3-10-9(11)12(5-7(13)14)6-8(15)16/h3-4H,2,5-6H2,1H3,(H,13,14)(H,15,16). The molecule has 0 saturated heterocycles. The molecule has 0 aliphatic rings. The first kappa shape index (κ1) is 12.0. The molecule has 0 aromatic carbocycles. The molecule has 0 atom stereocenters. The molecule has 0 radical (unpaired) electrons. The van der Waals surface area contributed by atoms with E-state index in [4.69, 9.17) is 10.2 Å². The van der Waals surface area contributed by atoms with Crippen LogP contribution in [-0.4, -0.2) is 44.8 Å². The van der Waals surface area contributed by atoms with Crippen molar-refractivity contribution in [3.63, 3.8) is 0 Å². The van der Waals surface area contributed by atoms with Crippen LogP contribution in [0.4, 0.5) is 5.95 Å². The van der Waals surface area contributed by atoms with Crippen LogP contribution in [0.5, 0.6) is 0 Å². The summed E-state index contributed by atoms with van der Waals surface area (Å²) >= 11 is 0. The molecule has 0 amide bonds. The van der Waals surface area contributed by atoms with Crippen molar-refractivity contribution in [2.45, 2.75) is 13.5 Å². The molecule has 2 N–H and O–H groups in total. The SMILES string of the molecule is CCn1ccnc1N(CC(=O)O)CC(=O)O. The fourth-order valence-electron chi connectivity index (χ4n) is 1.36. The fraction of sp³-hybridized carbons (Fsp3) is 0.444. The van der Waals surface area contributed by atoms with Gasteiger partial charge in [-0.15, -0.1) is 0 Å². The zero-order valence-corrected chi connectivity index (χ0v) is 8.83. The minimum absolute atomic E-state index is 0.354. The van der Waals surface area contributed by atoms with Gasteiger partial charge in [0, 0.05) is 18.9 Å². The molecular formula is C9H13N3O4. The van der Waals surface area contributed by atoms with Crippen molar-refractivity contribution in [2.24, 2.45) is 0 Å². The second-order valence-corrected chi connectivity index (χ2v) is 3.16. The van der Waals surface area contributed by atoms with Gasteiger partial charge in [-0.25, -0.2) is 4.98 Å². The second kappa shape index (κ2) is 5.15. The maximum atomic E-state index is 10.6. The Hall–Kier alpha value is -2.05. The maximum Gasteiger partial charge on any atom is 0.323 e. The number of nitrogens with zero attached hydrogens (tertiary/aromatic N) is 3. The predicted octanol–water partition coefficient (Wildman–Crippen LogP) is -0.121. The third-order valence-electron chi connectivity index (χ3n) is 1.97. The van der Waals surface area contributed by atoms with Gasteiger partial charge in [0.25, 0.3) is 0 Å². The molecule has 7 heteroatoms. The lowest BCUT2D eigenvalue weighted by molar-refractivity contribution is -0.136. The summed E-state index contributed by atoms with van der Waals surface area (Å²) in [6.45, 7) is 1.70. The summed E-state index contributed by atoms with van der Waals surface area (Å²) in [5.74, 6) is -1.83. The van der Waals surface area contributed by atoms with Crippen molar-refractivity contribution in [1.29, 1.82) is 0 Å². The number of hydrogen-bond donors (Lipinski definition) is 2. The van der Waals surface area contributed by atoms with Gasteiger partial charge in [-0.05, 0) is 6.92 Å². The minimum atomic E-state index is -1.09. The fourth-order valence-corrected chi connectivity index (χ4v) is 1.36. The van der Waals surface area contributed by atoms with Crippen molar-refractivity contribution < 1.29 is 19.8 Å². The highest BCUT2D eigenvalue weighted by Gasteiger charge is 2.17. The highest BCUT2D eigenvalue weighted by molar-refractivity contribution is 5.78. The number of imidazole rings is 1. The van der Waals surface area contributed by atoms with Crippen LogP contribution >= 0.6 is 0 Å². The summed E-state index contributed by atoms with van der Waals surface area (Å²) in [7, 11) is 0. The number of hydrogen-bond acceptors (Lipinski definition) is 4. The number of carbonyl (C=O) groups is 2. The number of rotatable bonds is 6. The molecule has 88 valence electrons. The quantitative estimate of drug-likeness (QED) is 0.703. The highest BCUT2D eigenvalue weighted by atomic mass is 16.4. The normalized spacial score (nSPS) is 10.1. The molecule has 0 aliphatic heterocycles. The van der Waals surface area contributed by atoms with E-state index in [9.17, 15) is 9.59 Å². The molecule has 0 fully saturated rings. The number of carboxylic acids is 2. The first-order valence-electron chi connectivity index (χ1n) is 4.74. The lowest BCUT2D eigenvalue weighted by atomic mass is 10.5. The van der Waals surface area contributed by atoms with Crippen LogP contribution < -0.4 is 4.90 Å². The molecule has 16 heavy (non-hydrogen) atoms. The molecule has 0 spiro atoms. The number of aromatic nitrogens is 2. The molecule has 0 aliphatic carbocycles. The van der Waals surface area contributed by atoms with E-state index in [-0.39, 0.29) is 13.1 Å². The van der Waals surface area contributed by atoms with Crippen molar-refractivity contribution in [3.05, 3.63) is 12.4 Å². The Balaban J connectivity index is 2.90. The van der Waals surface area contributed by atoms with E-state index < -0.39 is 11.9 Å².